The zero-order chi connectivity index (χ0) is 12.3. The van der Waals surface area contributed by atoms with Gasteiger partial charge in [0.1, 0.15) is 5.75 Å². The number of hydrogen-bond donors (Lipinski definition) is 1. The molecular formula is C12H16BBrO2. The normalized spacial score (nSPS) is 13.1. The van der Waals surface area contributed by atoms with Gasteiger partial charge < -0.3 is 9.68 Å². The van der Waals surface area contributed by atoms with E-state index >= 15 is 0 Å². The van der Waals surface area contributed by atoms with Crippen molar-refractivity contribution in [3.63, 3.8) is 0 Å². The molecule has 0 amide bonds. The molecule has 1 aromatic rings. The minimum absolute atomic E-state index is 0.770. The van der Waals surface area contributed by atoms with Crippen molar-refractivity contribution in [1.29, 1.82) is 0 Å². The Labute approximate surface area is 106 Å². The molecule has 1 heterocycles. The molecule has 0 saturated heterocycles. The Balaban J connectivity index is 0.000000606. The Hall–Kier alpha value is -0.735. The maximum atomic E-state index is 9.52. The van der Waals surface area contributed by atoms with Gasteiger partial charge in [-0.05, 0) is 37.0 Å². The maximum absolute atomic E-state index is 9.52. The van der Waals surface area contributed by atoms with E-state index in [1.54, 1.807) is 0 Å². The lowest BCUT2D eigenvalue weighted by Crippen LogP contribution is -2.26. The smallest absolute Gasteiger partial charge is 0.532 e. The number of benzene rings is 1. The molecule has 1 N–H and O–H groups in total. The van der Waals surface area contributed by atoms with Gasteiger partial charge >= 0.3 is 7.12 Å². The SMILES string of the molecule is CC.CC1=Cc2cc(Br)cc(C)c2OB1O. The van der Waals surface area contributed by atoms with Crippen molar-refractivity contribution in [3.05, 3.63) is 33.2 Å². The predicted molar refractivity (Wildman–Crippen MR) is 72.5 cm³/mol. The summed E-state index contributed by atoms with van der Waals surface area (Å²) in [6.45, 7) is 7.81. The van der Waals surface area contributed by atoms with E-state index in [-0.39, 0.29) is 0 Å². The van der Waals surface area contributed by atoms with Crippen molar-refractivity contribution in [2.45, 2.75) is 27.7 Å². The first-order valence-corrected chi connectivity index (χ1v) is 6.20. The Morgan fingerprint density at radius 3 is 2.50 bits per heavy atom. The quantitative estimate of drug-likeness (QED) is 0.737. The number of allylic oxidation sites excluding steroid dienone is 1. The largest absolute Gasteiger partial charge is 0.555 e. The summed E-state index contributed by atoms with van der Waals surface area (Å²) in [5.41, 5.74) is 2.87. The topological polar surface area (TPSA) is 29.5 Å². The average molecular weight is 283 g/mol. The molecule has 4 heteroatoms. The fourth-order valence-corrected chi connectivity index (χ4v) is 2.14. The predicted octanol–water partition coefficient (Wildman–Crippen LogP) is 3.60. The van der Waals surface area contributed by atoms with Crippen LogP contribution in [-0.2, 0) is 0 Å². The summed E-state index contributed by atoms with van der Waals surface area (Å²) >= 11 is 3.43. The highest BCUT2D eigenvalue weighted by atomic mass is 79.9. The molecule has 1 aromatic carbocycles. The maximum Gasteiger partial charge on any atom is 0.555 e. The van der Waals surface area contributed by atoms with Crippen LogP contribution >= 0.6 is 15.9 Å². The van der Waals surface area contributed by atoms with Gasteiger partial charge in [-0.2, -0.15) is 0 Å². The number of rotatable bonds is 0. The third-order valence-electron chi connectivity index (χ3n) is 2.27. The third-order valence-corrected chi connectivity index (χ3v) is 2.73. The second kappa shape index (κ2) is 5.55. The molecule has 1 aliphatic rings. The Morgan fingerprint density at radius 2 is 1.88 bits per heavy atom. The molecule has 0 aliphatic carbocycles. The van der Waals surface area contributed by atoms with E-state index in [1.165, 1.54) is 0 Å². The van der Waals surface area contributed by atoms with E-state index in [0.717, 1.165) is 26.8 Å². The summed E-state index contributed by atoms with van der Waals surface area (Å²) < 4.78 is 6.42. The van der Waals surface area contributed by atoms with Crippen LogP contribution in [0.5, 0.6) is 5.75 Å². The molecule has 0 spiro atoms. The summed E-state index contributed by atoms with van der Waals surface area (Å²) in [7, 11) is -0.803. The summed E-state index contributed by atoms with van der Waals surface area (Å²) in [5, 5.41) is 9.52. The average Bonchev–Trinajstić information content (AvgIpc) is 2.24. The van der Waals surface area contributed by atoms with Crippen LogP contribution in [0.1, 0.15) is 31.9 Å². The van der Waals surface area contributed by atoms with Gasteiger partial charge in [-0.3, -0.25) is 0 Å². The van der Waals surface area contributed by atoms with Gasteiger partial charge in [0.25, 0.3) is 0 Å². The van der Waals surface area contributed by atoms with Crippen LogP contribution in [0.25, 0.3) is 6.08 Å². The molecule has 0 saturated carbocycles. The molecule has 0 bridgehead atoms. The highest BCUT2D eigenvalue weighted by molar-refractivity contribution is 9.10. The second-order valence-electron chi connectivity index (χ2n) is 3.50. The molecule has 2 nitrogen and oxygen atoms in total. The standard InChI is InChI=1S/C10H10BBrO2.C2H6/c1-6-3-9(12)5-8-4-7(2)11(13)14-10(6)8;1-2/h3-5,13H,1-2H3;1-2H3. The zero-order valence-electron chi connectivity index (χ0n) is 10.0. The molecule has 16 heavy (non-hydrogen) atoms. The van der Waals surface area contributed by atoms with E-state index in [0.29, 0.717) is 0 Å². The zero-order valence-corrected chi connectivity index (χ0v) is 11.6. The van der Waals surface area contributed by atoms with E-state index < -0.39 is 7.12 Å². The van der Waals surface area contributed by atoms with Crippen LogP contribution in [-0.4, -0.2) is 12.1 Å². The molecule has 0 aromatic heterocycles. The minimum atomic E-state index is -0.803. The lowest BCUT2D eigenvalue weighted by atomic mass is 9.76. The van der Waals surface area contributed by atoms with Crippen LogP contribution < -0.4 is 4.65 Å². The van der Waals surface area contributed by atoms with Crippen molar-refractivity contribution in [3.8, 4) is 5.75 Å². The van der Waals surface area contributed by atoms with Gasteiger partial charge in [-0.1, -0.05) is 35.9 Å². The van der Waals surface area contributed by atoms with Gasteiger partial charge in [0, 0.05) is 10.0 Å². The monoisotopic (exact) mass is 282 g/mol. The van der Waals surface area contributed by atoms with E-state index in [2.05, 4.69) is 15.9 Å². The van der Waals surface area contributed by atoms with E-state index in [9.17, 15) is 5.02 Å². The Morgan fingerprint density at radius 1 is 1.25 bits per heavy atom. The van der Waals surface area contributed by atoms with Crippen molar-refractivity contribution in [2.75, 3.05) is 0 Å². The fourth-order valence-electron chi connectivity index (χ4n) is 1.55. The van der Waals surface area contributed by atoms with Gasteiger partial charge in [-0.15, -0.1) is 0 Å². The van der Waals surface area contributed by atoms with Crippen LogP contribution in [0.4, 0.5) is 0 Å². The highest BCUT2D eigenvalue weighted by Crippen LogP contribution is 2.33. The summed E-state index contributed by atoms with van der Waals surface area (Å²) in [6, 6.07) is 3.96. The first kappa shape index (κ1) is 13.3. The summed E-state index contributed by atoms with van der Waals surface area (Å²) in [4.78, 5) is 0. The molecule has 0 atom stereocenters. The van der Waals surface area contributed by atoms with Gasteiger partial charge in [0.05, 0.1) is 0 Å². The Bertz CT molecular complexity index is 416. The van der Waals surface area contributed by atoms with Crippen LogP contribution in [0.2, 0.25) is 0 Å². The van der Waals surface area contributed by atoms with Crippen LogP contribution in [0, 0.1) is 6.92 Å². The van der Waals surface area contributed by atoms with Crippen LogP contribution in [0.15, 0.2) is 22.1 Å². The van der Waals surface area contributed by atoms with Gasteiger partial charge in [-0.25, -0.2) is 0 Å². The number of fused-ring (bicyclic) bond motifs is 1. The molecule has 1 aliphatic heterocycles. The molecular weight excluding hydrogens is 267 g/mol. The number of aryl methyl sites for hydroxylation is 1. The van der Waals surface area contributed by atoms with Crippen molar-refractivity contribution < 1.29 is 9.68 Å². The lowest BCUT2D eigenvalue weighted by Gasteiger charge is -2.20. The molecule has 0 fully saturated rings. The molecule has 2 rings (SSSR count). The Kier molecular flexibility index (Phi) is 4.62. The molecule has 0 unspecified atom stereocenters. The summed E-state index contributed by atoms with van der Waals surface area (Å²) in [5.74, 6) is 0.770. The fraction of sp³-hybridized carbons (Fsp3) is 0.333. The summed E-state index contributed by atoms with van der Waals surface area (Å²) in [6.07, 6.45) is 1.95. The number of halogens is 1. The second-order valence-corrected chi connectivity index (χ2v) is 4.42. The van der Waals surface area contributed by atoms with Crippen molar-refractivity contribution >= 4 is 29.1 Å². The lowest BCUT2D eigenvalue weighted by molar-refractivity contribution is 0.421. The van der Waals surface area contributed by atoms with Crippen molar-refractivity contribution in [1.82, 2.24) is 0 Å². The first-order chi connectivity index (χ1) is 7.58. The molecule has 86 valence electrons. The minimum Gasteiger partial charge on any atom is -0.532 e. The van der Waals surface area contributed by atoms with E-state index in [1.807, 2.05) is 45.9 Å². The third kappa shape index (κ3) is 2.68. The van der Waals surface area contributed by atoms with Crippen LogP contribution in [0.3, 0.4) is 0 Å². The van der Waals surface area contributed by atoms with Crippen molar-refractivity contribution in [2.24, 2.45) is 0 Å². The van der Waals surface area contributed by atoms with Gasteiger partial charge in [0.2, 0.25) is 0 Å². The van der Waals surface area contributed by atoms with Gasteiger partial charge in [0.15, 0.2) is 0 Å². The molecule has 0 radical (unpaired) electrons. The van der Waals surface area contributed by atoms with E-state index in [4.69, 9.17) is 4.65 Å². The highest BCUT2D eigenvalue weighted by Gasteiger charge is 2.25. The number of hydrogen-bond acceptors (Lipinski definition) is 2. The first-order valence-electron chi connectivity index (χ1n) is 5.41.